The molecule has 0 aliphatic carbocycles. The van der Waals surface area contributed by atoms with E-state index in [0.717, 1.165) is 15.8 Å². The van der Waals surface area contributed by atoms with Gasteiger partial charge < -0.3 is 9.47 Å². The summed E-state index contributed by atoms with van der Waals surface area (Å²) in [5.41, 5.74) is -0.258. The molecule has 1 fully saturated rings. The lowest BCUT2D eigenvalue weighted by molar-refractivity contribution is 0.0495. The molecule has 3 nitrogen and oxygen atoms in total. The molecule has 1 aliphatic rings. The SMILES string of the molecule is COc1ccc(C2(C#N)OCCC2(Br)Br)cc1Br. The summed E-state index contributed by atoms with van der Waals surface area (Å²) in [6.45, 7) is 0.522. The minimum absolute atomic E-state index is 0.522. The van der Waals surface area contributed by atoms with Gasteiger partial charge in [-0.15, -0.1) is 0 Å². The van der Waals surface area contributed by atoms with Crippen molar-refractivity contribution in [2.24, 2.45) is 0 Å². The van der Waals surface area contributed by atoms with Crippen LogP contribution in [0, 0.1) is 11.3 Å². The Morgan fingerprint density at radius 3 is 2.61 bits per heavy atom. The molecule has 0 spiro atoms. The molecule has 1 atom stereocenters. The maximum Gasteiger partial charge on any atom is 0.204 e. The molecule has 1 aliphatic heterocycles. The van der Waals surface area contributed by atoms with E-state index in [4.69, 9.17) is 9.47 Å². The number of hydrogen-bond acceptors (Lipinski definition) is 3. The first-order valence-corrected chi connectivity index (χ1v) is 7.62. The lowest BCUT2D eigenvalue weighted by atomic mass is 9.92. The Bertz CT molecular complexity index is 513. The van der Waals surface area contributed by atoms with Gasteiger partial charge in [0.1, 0.15) is 15.1 Å². The van der Waals surface area contributed by atoms with Gasteiger partial charge >= 0.3 is 0 Å². The van der Waals surface area contributed by atoms with Crippen LogP contribution >= 0.6 is 47.8 Å². The smallest absolute Gasteiger partial charge is 0.204 e. The molecule has 0 bridgehead atoms. The molecule has 0 saturated carbocycles. The molecule has 1 unspecified atom stereocenters. The highest BCUT2D eigenvalue weighted by Gasteiger charge is 2.56. The van der Waals surface area contributed by atoms with Crippen LogP contribution in [0.15, 0.2) is 22.7 Å². The number of nitriles is 1. The van der Waals surface area contributed by atoms with Crippen LogP contribution in [0.3, 0.4) is 0 Å². The topological polar surface area (TPSA) is 42.2 Å². The van der Waals surface area contributed by atoms with Gasteiger partial charge in [-0.2, -0.15) is 5.26 Å². The monoisotopic (exact) mass is 437 g/mol. The zero-order chi connectivity index (χ0) is 13.4. The first kappa shape index (κ1) is 14.3. The fourth-order valence-corrected chi connectivity index (χ4v) is 3.70. The van der Waals surface area contributed by atoms with E-state index in [0.29, 0.717) is 13.0 Å². The summed E-state index contributed by atoms with van der Waals surface area (Å²) in [7, 11) is 1.60. The number of rotatable bonds is 2. The Morgan fingerprint density at radius 1 is 1.44 bits per heavy atom. The highest BCUT2D eigenvalue weighted by Crippen LogP contribution is 2.54. The van der Waals surface area contributed by atoms with E-state index >= 15 is 0 Å². The molecule has 0 aromatic heterocycles. The van der Waals surface area contributed by atoms with E-state index in [9.17, 15) is 5.26 Å². The molecular formula is C12H10Br3NO2. The third-order valence-corrected chi connectivity index (χ3v) is 5.49. The standard InChI is InChI=1S/C12H10Br3NO2/c1-17-10-3-2-8(6-9(10)13)11(7-16)12(14,15)4-5-18-11/h2-3,6H,4-5H2,1H3. The van der Waals surface area contributed by atoms with Crippen molar-refractivity contribution in [2.45, 2.75) is 15.3 Å². The molecule has 1 aromatic carbocycles. The summed E-state index contributed by atoms with van der Waals surface area (Å²) < 4.78 is 11.1. The van der Waals surface area contributed by atoms with E-state index in [1.54, 1.807) is 7.11 Å². The van der Waals surface area contributed by atoms with Gasteiger partial charge in [-0.05, 0) is 28.1 Å². The second kappa shape index (κ2) is 5.12. The van der Waals surface area contributed by atoms with Gasteiger partial charge in [0, 0.05) is 12.0 Å². The average Bonchev–Trinajstić information content (AvgIpc) is 2.65. The Kier molecular flexibility index (Phi) is 4.07. The Morgan fingerprint density at radius 2 is 2.17 bits per heavy atom. The van der Waals surface area contributed by atoms with Crippen LogP contribution in [0.25, 0.3) is 0 Å². The second-order valence-electron chi connectivity index (χ2n) is 3.95. The largest absolute Gasteiger partial charge is 0.496 e. The van der Waals surface area contributed by atoms with Crippen molar-refractivity contribution in [2.75, 3.05) is 13.7 Å². The average molecular weight is 440 g/mol. The molecule has 96 valence electrons. The van der Waals surface area contributed by atoms with Crippen molar-refractivity contribution in [3.05, 3.63) is 28.2 Å². The van der Waals surface area contributed by atoms with Crippen LogP contribution in [0.5, 0.6) is 5.75 Å². The van der Waals surface area contributed by atoms with Crippen molar-refractivity contribution in [3.63, 3.8) is 0 Å². The summed E-state index contributed by atoms with van der Waals surface area (Å²) in [5.74, 6) is 0.722. The number of nitrogens with zero attached hydrogens (tertiary/aromatic N) is 1. The number of ether oxygens (including phenoxy) is 2. The maximum absolute atomic E-state index is 9.54. The van der Waals surface area contributed by atoms with Crippen LogP contribution in [0.4, 0.5) is 0 Å². The van der Waals surface area contributed by atoms with Crippen LogP contribution in [-0.4, -0.2) is 17.0 Å². The minimum Gasteiger partial charge on any atom is -0.496 e. The fourth-order valence-electron chi connectivity index (χ4n) is 1.97. The van der Waals surface area contributed by atoms with Crippen molar-refractivity contribution < 1.29 is 9.47 Å². The summed E-state index contributed by atoms with van der Waals surface area (Å²) in [4.78, 5) is 0. The van der Waals surface area contributed by atoms with Gasteiger partial charge in [0.15, 0.2) is 0 Å². The molecular weight excluding hydrogens is 430 g/mol. The minimum atomic E-state index is -1.04. The third kappa shape index (κ3) is 2.11. The predicted octanol–water partition coefficient (Wildman–Crippen LogP) is 4.08. The van der Waals surface area contributed by atoms with E-state index in [1.807, 2.05) is 18.2 Å². The molecule has 1 aromatic rings. The predicted molar refractivity (Wildman–Crippen MR) is 79.1 cm³/mol. The Hall–Kier alpha value is -0.0900. The van der Waals surface area contributed by atoms with Gasteiger partial charge in [0.25, 0.3) is 0 Å². The van der Waals surface area contributed by atoms with Gasteiger partial charge in [-0.3, -0.25) is 0 Å². The number of alkyl halides is 2. The number of methoxy groups -OCH3 is 1. The van der Waals surface area contributed by atoms with Crippen LogP contribution in [0.2, 0.25) is 0 Å². The van der Waals surface area contributed by atoms with E-state index < -0.39 is 8.83 Å². The molecule has 1 saturated heterocycles. The van der Waals surface area contributed by atoms with Gasteiger partial charge in [0.05, 0.1) is 18.2 Å². The molecule has 18 heavy (non-hydrogen) atoms. The lowest BCUT2D eigenvalue weighted by Gasteiger charge is -2.31. The van der Waals surface area contributed by atoms with Crippen LogP contribution < -0.4 is 4.74 Å². The fraction of sp³-hybridized carbons (Fsp3) is 0.417. The summed E-state index contributed by atoms with van der Waals surface area (Å²) in [6, 6.07) is 7.78. The van der Waals surface area contributed by atoms with Gasteiger partial charge in [-0.25, -0.2) is 0 Å². The van der Waals surface area contributed by atoms with Crippen molar-refractivity contribution >= 4 is 47.8 Å². The number of benzene rings is 1. The van der Waals surface area contributed by atoms with E-state index in [2.05, 4.69) is 53.9 Å². The van der Waals surface area contributed by atoms with E-state index in [1.165, 1.54) is 0 Å². The quantitative estimate of drug-likeness (QED) is 0.652. The zero-order valence-corrected chi connectivity index (χ0v) is 14.3. The van der Waals surface area contributed by atoms with Crippen LogP contribution in [-0.2, 0) is 10.3 Å². The van der Waals surface area contributed by atoms with Gasteiger partial charge in [-0.1, -0.05) is 37.9 Å². The molecule has 0 amide bonds. The molecule has 1 heterocycles. The summed E-state index contributed by atoms with van der Waals surface area (Å²) >= 11 is 10.5. The molecule has 0 N–H and O–H groups in total. The second-order valence-corrected chi connectivity index (χ2v) is 8.57. The number of halogens is 3. The molecule has 6 heteroatoms. The highest BCUT2D eigenvalue weighted by molar-refractivity contribution is 9.25. The van der Waals surface area contributed by atoms with Crippen molar-refractivity contribution in [3.8, 4) is 11.8 Å². The maximum atomic E-state index is 9.54. The third-order valence-electron chi connectivity index (χ3n) is 2.97. The Labute approximate surface area is 131 Å². The highest BCUT2D eigenvalue weighted by atomic mass is 79.9. The first-order chi connectivity index (χ1) is 8.47. The van der Waals surface area contributed by atoms with Gasteiger partial charge in [0.2, 0.25) is 5.60 Å². The summed E-state index contributed by atoms with van der Waals surface area (Å²) in [6.07, 6.45) is 0.713. The van der Waals surface area contributed by atoms with Crippen LogP contribution in [0.1, 0.15) is 12.0 Å². The lowest BCUT2D eigenvalue weighted by Crippen LogP contribution is -2.38. The van der Waals surface area contributed by atoms with Crippen molar-refractivity contribution in [1.29, 1.82) is 5.26 Å². The zero-order valence-electron chi connectivity index (χ0n) is 9.54. The normalized spacial score (nSPS) is 25.7. The first-order valence-electron chi connectivity index (χ1n) is 5.24. The molecule has 2 rings (SSSR count). The van der Waals surface area contributed by atoms with E-state index in [-0.39, 0.29) is 0 Å². The van der Waals surface area contributed by atoms with Crippen molar-refractivity contribution in [1.82, 2.24) is 0 Å². The summed E-state index contributed by atoms with van der Waals surface area (Å²) in [5, 5.41) is 9.54. The Balaban J connectivity index is 2.53. The molecule has 0 radical (unpaired) electrons. The number of hydrogen-bond donors (Lipinski definition) is 0.